The van der Waals surface area contributed by atoms with Crippen LogP contribution in [0.1, 0.15) is 35.7 Å². The van der Waals surface area contributed by atoms with E-state index in [-0.39, 0.29) is 24.5 Å². The molecule has 1 saturated heterocycles. The topological polar surface area (TPSA) is 66.8 Å². The number of carboxylic acid groups (broad SMARTS) is 1. The van der Waals surface area contributed by atoms with Gasteiger partial charge < -0.3 is 14.7 Å². The van der Waals surface area contributed by atoms with Crippen LogP contribution in [0.5, 0.6) is 5.75 Å². The maximum Gasteiger partial charge on any atom is 0.308 e. The molecule has 1 N–H and O–H groups in total. The van der Waals surface area contributed by atoms with Gasteiger partial charge in [-0.05, 0) is 37.6 Å². The Balaban J connectivity index is 1.90. The van der Waals surface area contributed by atoms with Gasteiger partial charge in [0.25, 0.3) is 5.91 Å². The highest BCUT2D eigenvalue weighted by Crippen LogP contribution is 2.35. The SMILES string of the molecule is CC(C)Oc1ccc(Cl)cc1C(=O)N1C[C@H](C(=O)O)[C@H](c2ccccc2)C1. The molecule has 142 valence electrons. The number of aliphatic carboxylic acids is 1. The lowest BCUT2D eigenvalue weighted by Crippen LogP contribution is -2.30. The van der Waals surface area contributed by atoms with Gasteiger partial charge in [-0.3, -0.25) is 9.59 Å². The van der Waals surface area contributed by atoms with Crippen molar-refractivity contribution in [3.05, 3.63) is 64.7 Å². The Labute approximate surface area is 163 Å². The molecule has 0 unspecified atom stereocenters. The van der Waals surface area contributed by atoms with Gasteiger partial charge in [-0.15, -0.1) is 0 Å². The Bertz CT molecular complexity index is 837. The number of hydrogen-bond acceptors (Lipinski definition) is 3. The second-order valence-corrected chi connectivity index (χ2v) is 7.42. The lowest BCUT2D eigenvalue weighted by Gasteiger charge is -2.20. The van der Waals surface area contributed by atoms with Crippen molar-refractivity contribution >= 4 is 23.5 Å². The monoisotopic (exact) mass is 387 g/mol. The zero-order valence-electron chi connectivity index (χ0n) is 15.3. The van der Waals surface area contributed by atoms with Gasteiger partial charge in [0.05, 0.1) is 17.6 Å². The van der Waals surface area contributed by atoms with Gasteiger partial charge in [0.15, 0.2) is 0 Å². The van der Waals surface area contributed by atoms with Crippen LogP contribution in [0.25, 0.3) is 0 Å². The summed E-state index contributed by atoms with van der Waals surface area (Å²) in [4.78, 5) is 26.5. The molecule has 2 atom stereocenters. The van der Waals surface area contributed by atoms with E-state index in [1.807, 2.05) is 44.2 Å². The quantitative estimate of drug-likeness (QED) is 0.839. The van der Waals surface area contributed by atoms with E-state index in [4.69, 9.17) is 16.3 Å². The van der Waals surface area contributed by atoms with E-state index in [1.165, 1.54) is 0 Å². The highest BCUT2D eigenvalue weighted by molar-refractivity contribution is 6.31. The summed E-state index contributed by atoms with van der Waals surface area (Å²) < 4.78 is 5.74. The molecule has 0 aliphatic carbocycles. The van der Waals surface area contributed by atoms with E-state index in [9.17, 15) is 14.7 Å². The minimum Gasteiger partial charge on any atom is -0.490 e. The molecule has 27 heavy (non-hydrogen) atoms. The Morgan fingerprint density at radius 3 is 2.48 bits per heavy atom. The van der Waals surface area contributed by atoms with Gasteiger partial charge in [-0.2, -0.15) is 0 Å². The zero-order valence-corrected chi connectivity index (χ0v) is 16.0. The number of rotatable bonds is 5. The normalized spacial score (nSPS) is 19.3. The first-order chi connectivity index (χ1) is 12.9. The highest BCUT2D eigenvalue weighted by Gasteiger charge is 2.41. The summed E-state index contributed by atoms with van der Waals surface area (Å²) in [5, 5.41) is 10.1. The number of hydrogen-bond donors (Lipinski definition) is 1. The van der Waals surface area contributed by atoms with Crippen LogP contribution in [0, 0.1) is 5.92 Å². The van der Waals surface area contributed by atoms with Gasteiger partial charge in [0.2, 0.25) is 0 Å². The predicted molar refractivity (Wildman–Crippen MR) is 103 cm³/mol. The van der Waals surface area contributed by atoms with E-state index in [0.717, 1.165) is 5.56 Å². The zero-order chi connectivity index (χ0) is 19.6. The van der Waals surface area contributed by atoms with E-state index in [1.54, 1.807) is 23.1 Å². The van der Waals surface area contributed by atoms with Crippen molar-refractivity contribution in [3.8, 4) is 5.75 Å². The van der Waals surface area contributed by atoms with Gasteiger partial charge in [0.1, 0.15) is 5.75 Å². The van der Waals surface area contributed by atoms with E-state index >= 15 is 0 Å². The number of carboxylic acids is 1. The number of nitrogens with zero attached hydrogens (tertiary/aromatic N) is 1. The summed E-state index contributed by atoms with van der Waals surface area (Å²) in [6, 6.07) is 14.4. The molecule has 6 heteroatoms. The van der Waals surface area contributed by atoms with Gasteiger partial charge in [0, 0.05) is 24.0 Å². The third kappa shape index (κ3) is 4.25. The van der Waals surface area contributed by atoms with Gasteiger partial charge in [-0.1, -0.05) is 41.9 Å². The summed E-state index contributed by atoms with van der Waals surface area (Å²) in [5.41, 5.74) is 1.28. The first-order valence-electron chi connectivity index (χ1n) is 8.90. The number of benzene rings is 2. The number of likely N-dealkylation sites (tertiary alicyclic amines) is 1. The van der Waals surface area contributed by atoms with Gasteiger partial charge in [-0.25, -0.2) is 0 Å². The van der Waals surface area contributed by atoms with Crippen LogP contribution >= 0.6 is 11.6 Å². The third-order valence-electron chi connectivity index (χ3n) is 4.69. The van der Waals surface area contributed by atoms with Crippen molar-refractivity contribution in [2.24, 2.45) is 5.92 Å². The van der Waals surface area contributed by atoms with Crippen molar-refractivity contribution < 1.29 is 19.4 Å². The summed E-state index contributed by atoms with van der Waals surface area (Å²) in [6.45, 7) is 4.25. The fourth-order valence-corrected chi connectivity index (χ4v) is 3.63. The van der Waals surface area contributed by atoms with Crippen LogP contribution in [-0.2, 0) is 4.79 Å². The minimum atomic E-state index is -0.899. The van der Waals surface area contributed by atoms with Crippen molar-refractivity contribution in [2.45, 2.75) is 25.9 Å². The molecular formula is C21H22ClNO4. The van der Waals surface area contributed by atoms with E-state index in [0.29, 0.717) is 22.9 Å². The molecule has 2 aromatic carbocycles. The molecule has 0 bridgehead atoms. The summed E-state index contributed by atoms with van der Waals surface area (Å²) >= 11 is 6.09. The molecular weight excluding hydrogens is 366 g/mol. The summed E-state index contributed by atoms with van der Waals surface area (Å²) in [6.07, 6.45) is -0.0971. The maximum absolute atomic E-state index is 13.1. The van der Waals surface area contributed by atoms with Crippen LogP contribution < -0.4 is 4.74 Å². The van der Waals surface area contributed by atoms with Crippen LogP contribution in [0.2, 0.25) is 5.02 Å². The number of halogens is 1. The first kappa shape index (κ1) is 19.2. The third-order valence-corrected chi connectivity index (χ3v) is 4.92. The molecule has 5 nitrogen and oxygen atoms in total. The second-order valence-electron chi connectivity index (χ2n) is 6.98. The van der Waals surface area contributed by atoms with Gasteiger partial charge >= 0.3 is 5.97 Å². The number of ether oxygens (including phenoxy) is 1. The van der Waals surface area contributed by atoms with Crippen LogP contribution in [0.3, 0.4) is 0 Å². The van der Waals surface area contributed by atoms with Crippen molar-refractivity contribution in [2.75, 3.05) is 13.1 Å². The van der Waals surface area contributed by atoms with Crippen molar-refractivity contribution in [3.63, 3.8) is 0 Å². The minimum absolute atomic E-state index is 0.0971. The highest BCUT2D eigenvalue weighted by atomic mass is 35.5. The lowest BCUT2D eigenvalue weighted by atomic mass is 9.89. The lowest BCUT2D eigenvalue weighted by molar-refractivity contribution is -0.141. The van der Waals surface area contributed by atoms with Crippen LogP contribution in [-0.4, -0.2) is 41.1 Å². The Morgan fingerprint density at radius 2 is 1.85 bits per heavy atom. The molecule has 0 aromatic heterocycles. The van der Waals surface area contributed by atoms with Crippen LogP contribution in [0.15, 0.2) is 48.5 Å². The Hall–Kier alpha value is -2.53. The summed E-state index contributed by atoms with van der Waals surface area (Å²) in [5.74, 6) is -1.61. The average Bonchev–Trinajstić information content (AvgIpc) is 3.09. The molecule has 0 spiro atoms. The molecule has 2 aromatic rings. The molecule has 0 saturated carbocycles. The van der Waals surface area contributed by atoms with Crippen LogP contribution in [0.4, 0.5) is 0 Å². The molecule has 1 fully saturated rings. The molecule has 1 amide bonds. The fourth-order valence-electron chi connectivity index (χ4n) is 3.45. The Morgan fingerprint density at radius 1 is 1.15 bits per heavy atom. The molecule has 1 heterocycles. The smallest absolute Gasteiger partial charge is 0.308 e. The number of amides is 1. The molecule has 0 radical (unpaired) electrons. The first-order valence-corrected chi connectivity index (χ1v) is 9.28. The molecule has 1 aliphatic heterocycles. The number of carbonyl (C=O) groups is 2. The molecule has 1 aliphatic rings. The predicted octanol–water partition coefficient (Wildman–Crippen LogP) is 4.07. The largest absolute Gasteiger partial charge is 0.490 e. The van der Waals surface area contributed by atoms with Crippen molar-refractivity contribution in [1.29, 1.82) is 0 Å². The average molecular weight is 388 g/mol. The summed E-state index contributed by atoms with van der Waals surface area (Å²) in [7, 11) is 0. The second kappa shape index (κ2) is 8.01. The number of carbonyl (C=O) groups excluding carboxylic acids is 1. The van der Waals surface area contributed by atoms with E-state index < -0.39 is 11.9 Å². The maximum atomic E-state index is 13.1. The standard InChI is InChI=1S/C21H22ClNO4/c1-13(2)27-19-9-8-15(22)10-16(19)20(24)23-11-17(18(12-23)21(25)26)14-6-4-3-5-7-14/h3-10,13,17-18H,11-12H2,1-2H3,(H,25,26)/t17-,18-/m0/s1. The Kier molecular flexibility index (Phi) is 5.71. The van der Waals surface area contributed by atoms with Crippen molar-refractivity contribution in [1.82, 2.24) is 4.90 Å². The van der Waals surface area contributed by atoms with E-state index in [2.05, 4.69) is 0 Å². The molecule has 3 rings (SSSR count). The fraction of sp³-hybridized carbons (Fsp3) is 0.333.